The van der Waals surface area contributed by atoms with E-state index in [4.69, 9.17) is 9.47 Å². The van der Waals surface area contributed by atoms with Gasteiger partial charge in [0.1, 0.15) is 28.4 Å². The molecule has 16 heteroatoms. The molecule has 2 saturated heterocycles. The summed E-state index contributed by atoms with van der Waals surface area (Å²) in [6.45, 7) is 14.4. The fourth-order valence-electron chi connectivity index (χ4n) is 6.92. The summed E-state index contributed by atoms with van der Waals surface area (Å²) in [6.07, 6.45) is 1.30. The summed E-state index contributed by atoms with van der Waals surface area (Å²) in [4.78, 5) is 55.2. The van der Waals surface area contributed by atoms with Crippen LogP contribution in [0, 0.1) is 5.41 Å². The fraction of sp³-hybridized carbons (Fsp3) is 0.450. The van der Waals surface area contributed by atoms with Gasteiger partial charge in [-0.2, -0.15) is 10.2 Å². The van der Waals surface area contributed by atoms with Crippen LogP contribution in [0.15, 0.2) is 73.1 Å². The van der Waals surface area contributed by atoms with Crippen LogP contribution in [0.2, 0.25) is 0 Å². The van der Waals surface area contributed by atoms with Crippen LogP contribution < -0.4 is 19.3 Å². The molecule has 2 aromatic heterocycles. The van der Waals surface area contributed by atoms with Crippen LogP contribution in [0.5, 0.6) is 11.5 Å². The second kappa shape index (κ2) is 16.0. The molecular formula is C40H52N8O8. The van der Waals surface area contributed by atoms with Gasteiger partial charge in [-0.05, 0) is 68.5 Å². The Bertz CT molecular complexity index is 2030. The number of carboxylic acid groups (broad SMARTS) is 2. The van der Waals surface area contributed by atoms with Gasteiger partial charge in [-0.1, -0.05) is 45.0 Å². The number of rotatable bonds is 8. The molecule has 2 aliphatic rings. The molecule has 1 atom stereocenters. The van der Waals surface area contributed by atoms with Gasteiger partial charge >= 0.3 is 12.2 Å². The van der Waals surface area contributed by atoms with Gasteiger partial charge in [0.05, 0.1) is 39.5 Å². The van der Waals surface area contributed by atoms with E-state index in [0.29, 0.717) is 31.3 Å². The van der Waals surface area contributed by atoms with E-state index in [-0.39, 0.29) is 36.4 Å². The highest BCUT2D eigenvalue weighted by molar-refractivity contribution is 6.03. The van der Waals surface area contributed by atoms with Gasteiger partial charge in [0.15, 0.2) is 5.82 Å². The number of nitrogens with zero attached hydrogens (tertiary/aromatic N) is 8. The molecule has 56 heavy (non-hydrogen) atoms. The van der Waals surface area contributed by atoms with Crippen LogP contribution in [-0.2, 0) is 22.7 Å². The zero-order valence-electron chi connectivity index (χ0n) is 33.5. The predicted molar refractivity (Wildman–Crippen MR) is 209 cm³/mol. The fourth-order valence-corrected chi connectivity index (χ4v) is 6.92. The first kappa shape index (κ1) is 41.1. The van der Waals surface area contributed by atoms with Crippen LogP contribution in [0.4, 0.5) is 21.2 Å². The molecule has 2 N–H and O–H groups in total. The number of carbonyl (C=O) groups excluding carboxylic acids is 2. The van der Waals surface area contributed by atoms with Crippen molar-refractivity contribution in [3.05, 3.63) is 84.2 Å². The lowest BCUT2D eigenvalue weighted by Crippen LogP contribution is -2.70. The van der Waals surface area contributed by atoms with Gasteiger partial charge in [-0.25, -0.2) is 14.3 Å². The van der Waals surface area contributed by atoms with Crippen molar-refractivity contribution in [1.29, 1.82) is 0 Å². The van der Waals surface area contributed by atoms with Crippen molar-refractivity contribution in [1.82, 2.24) is 29.4 Å². The highest BCUT2D eigenvalue weighted by Gasteiger charge is 2.52. The third kappa shape index (κ3) is 8.43. The van der Waals surface area contributed by atoms with E-state index < -0.39 is 23.3 Å². The first-order chi connectivity index (χ1) is 26.3. The number of hydrogen-bond acceptors (Lipinski definition) is 8. The summed E-state index contributed by atoms with van der Waals surface area (Å²) in [5.41, 5.74) is -0.557. The van der Waals surface area contributed by atoms with E-state index in [1.165, 1.54) is 9.80 Å². The molecule has 2 fully saturated rings. The van der Waals surface area contributed by atoms with Gasteiger partial charge in [0, 0.05) is 38.0 Å². The molecule has 0 aliphatic carbocycles. The lowest BCUT2D eigenvalue weighted by atomic mass is 9.81. The lowest BCUT2D eigenvalue weighted by Gasteiger charge is -2.51. The Labute approximate surface area is 326 Å². The zero-order valence-corrected chi connectivity index (χ0v) is 33.5. The molecule has 4 amide bonds. The standard InChI is InChI=1S/C22H30N4O4.C18H22N4O4/c1-21(2,3)17-14-25(20(28)29)22(4,5)19(27)26(17)18-11-12-24(23-18)13-15-7-9-16(30-6)10-8-15;1-18(2)16(23)20(10-11-21(18)17(24)25)15-8-9-19-22(15)12-13-4-6-14(26-3)7-5-13/h7-12,17H,13-14H2,1-6H3,(H,28,29);4-9H,10-12H2,1-3H3,(H,24,25). The number of carbonyl (C=O) groups is 4. The minimum atomic E-state index is -1.17. The molecule has 0 spiro atoms. The lowest BCUT2D eigenvalue weighted by molar-refractivity contribution is -0.133. The molecule has 4 heterocycles. The molecule has 2 aliphatic heterocycles. The summed E-state index contributed by atoms with van der Waals surface area (Å²) in [5.74, 6) is 2.22. The SMILES string of the molecule is COc1ccc(Cn2ccc(N3C(=O)C(C)(C)N(C(=O)O)CC3C(C)(C)C)n2)cc1.COc1ccc(Cn2nccc2N2CCN(C(=O)O)C(C)(C)C2=O)cc1. The summed E-state index contributed by atoms with van der Waals surface area (Å²) in [6, 6.07) is 18.6. The smallest absolute Gasteiger partial charge is 0.408 e. The van der Waals surface area contributed by atoms with Crippen molar-refractivity contribution in [2.45, 2.75) is 78.7 Å². The number of benzene rings is 2. The Morgan fingerprint density at radius 2 is 1.30 bits per heavy atom. The number of anilines is 2. The Hall–Kier alpha value is -6.06. The quantitative estimate of drug-likeness (QED) is 0.233. The summed E-state index contributed by atoms with van der Waals surface area (Å²) >= 11 is 0. The monoisotopic (exact) mass is 772 g/mol. The Kier molecular flexibility index (Phi) is 11.7. The average molecular weight is 773 g/mol. The summed E-state index contributed by atoms with van der Waals surface area (Å²) < 4.78 is 13.9. The first-order valence-corrected chi connectivity index (χ1v) is 18.3. The third-order valence-electron chi connectivity index (χ3n) is 10.4. The maximum Gasteiger partial charge on any atom is 0.408 e. The number of aromatic nitrogens is 4. The number of amides is 4. The van der Waals surface area contributed by atoms with Gasteiger partial charge in [0.2, 0.25) is 0 Å². The molecule has 0 radical (unpaired) electrons. The van der Waals surface area contributed by atoms with Crippen LogP contribution in [-0.4, -0.2) is 115 Å². The number of ether oxygens (including phenoxy) is 2. The zero-order chi connectivity index (χ0) is 41.2. The van der Waals surface area contributed by atoms with Crippen molar-refractivity contribution in [2.75, 3.05) is 43.7 Å². The Morgan fingerprint density at radius 1 is 0.768 bits per heavy atom. The van der Waals surface area contributed by atoms with E-state index in [0.717, 1.165) is 22.6 Å². The second-order valence-electron chi connectivity index (χ2n) is 15.9. The minimum absolute atomic E-state index is 0.225. The van der Waals surface area contributed by atoms with E-state index >= 15 is 0 Å². The number of piperazine rings is 2. The van der Waals surface area contributed by atoms with Crippen LogP contribution >= 0.6 is 0 Å². The average Bonchev–Trinajstić information content (AvgIpc) is 3.80. The van der Waals surface area contributed by atoms with Gasteiger partial charge in [-0.3, -0.25) is 33.9 Å². The van der Waals surface area contributed by atoms with Gasteiger partial charge in [-0.15, -0.1) is 0 Å². The van der Waals surface area contributed by atoms with Gasteiger partial charge in [0.25, 0.3) is 11.8 Å². The molecule has 0 saturated carbocycles. The van der Waals surface area contributed by atoms with Gasteiger partial charge < -0.3 is 19.7 Å². The molecule has 6 rings (SSSR count). The molecule has 0 bridgehead atoms. The first-order valence-electron chi connectivity index (χ1n) is 18.3. The molecule has 4 aromatic rings. The van der Waals surface area contributed by atoms with Crippen LogP contribution in [0.3, 0.4) is 0 Å². The van der Waals surface area contributed by atoms with E-state index in [2.05, 4.69) is 10.2 Å². The predicted octanol–water partition coefficient (Wildman–Crippen LogP) is 5.51. The minimum Gasteiger partial charge on any atom is -0.497 e. The normalized spacial score (nSPS) is 18.0. The Balaban J connectivity index is 0.000000216. The van der Waals surface area contributed by atoms with E-state index in [9.17, 15) is 29.4 Å². The van der Waals surface area contributed by atoms with Crippen molar-refractivity contribution < 1.29 is 38.9 Å². The highest BCUT2D eigenvalue weighted by atomic mass is 16.5. The van der Waals surface area contributed by atoms with Crippen molar-refractivity contribution in [3.63, 3.8) is 0 Å². The molecule has 2 aromatic carbocycles. The van der Waals surface area contributed by atoms with Crippen LogP contribution in [0.25, 0.3) is 0 Å². The number of methoxy groups -OCH3 is 2. The van der Waals surface area contributed by atoms with E-state index in [1.54, 1.807) is 73.3 Å². The third-order valence-corrected chi connectivity index (χ3v) is 10.4. The largest absolute Gasteiger partial charge is 0.497 e. The van der Waals surface area contributed by atoms with Crippen molar-refractivity contribution >= 4 is 35.6 Å². The molecule has 1 unspecified atom stereocenters. The van der Waals surface area contributed by atoms with E-state index in [1.807, 2.05) is 81.6 Å². The molecule has 300 valence electrons. The molecule has 16 nitrogen and oxygen atoms in total. The highest BCUT2D eigenvalue weighted by Crippen LogP contribution is 2.37. The summed E-state index contributed by atoms with van der Waals surface area (Å²) in [7, 11) is 3.24. The van der Waals surface area contributed by atoms with Crippen molar-refractivity contribution in [2.24, 2.45) is 5.41 Å². The van der Waals surface area contributed by atoms with Crippen molar-refractivity contribution in [3.8, 4) is 11.5 Å². The maximum atomic E-state index is 13.4. The molecular weight excluding hydrogens is 720 g/mol. The summed E-state index contributed by atoms with van der Waals surface area (Å²) in [5, 5.41) is 28.0. The van der Waals surface area contributed by atoms with Crippen LogP contribution in [0.1, 0.15) is 59.6 Å². The topological polar surface area (TPSA) is 176 Å². The number of hydrogen-bond donors (Lipinski definition) is 2. The Morgan fingerprint density at radius 3 is 1.82 bits per heavy atom. The second-order valence-corrected chi connectivity index (χ2v) is 15.9. The maximum absolute atomic E-state index is 13.4.